The number of aryl methyl sites for hydroxylation is 2. The quantitative estimate of drug-likeness (QED) is 0.411. The molecule has 4 heterocycles. The molecule has 1 aliphatic heterocycles. The lowest BCUT2D eigenvalue weighted by Gasteiger charge is -2.14. The molecule has 0 saturated heterocycles. The summed E-state index contributed by atoms with van der Waals surface area (Å²) in [7, 11) is 1.67. The Hall–Kier alpha value is -3.92. The largest absolute Gasteiger partial charge is 0.383 e. The number of aromatic nitrogens is 6. The molecule has 9 nitrogen and oxygen atoms in total. The lowest BCUT2D eigenvalue weighted by molar-refractivity contribution is 0.102. The molecular formula is C26H28FN7O2. The van der Waals surface area contributed by atoms with Gasteiger partial charge in [0.2, 0.25) is 0 Å². The zero-order valence-electron chi connectivity index (χ0n) is 20.7. The summed E-state index contributed by atoms with van der Waals surface area (Å²) in [5.41, 5.74) is 2.79. The molecule has 0 spiro atoms. The molecule has 4 aromatic rings. The molecule has 1 amide bonds. The SMILES string of the molecule is COC[C@H]1CCc2nnc(-c3cccc(NC(=O)c4cc(-n5cnc(C(C)C)c5)c(C)cc4F)n3)n21. The highest BCUT2D eigenvalue weighted by Gasteiger charge is 2.28. The zero-order valence-corrected chi connectivity index (χ0v) is 20.7. The lowest BCUT2D eigenvalue weighted by atomic mass is 10.1. The number of hydrogen-bond acceptors (Lipinski definition) is 6. The van der Waals surface area contributed by atoms with Crippen molar-refractivity contribution in [3.8, 4) is 17.2 Å². The van der Waals surface area contributed by atoms with Gasteiger partial charge in [0.1, 0.15) is 23.2 Å². The molecule has 0 radical (unpaired) electrons. The summed E-state index contributed by atoms with van der Waals surface area (Å²) in [6.45, 7) is 6.46. The van der Waals surface area contributed by atoms with Crippen LogP contribution >= 0.6 is 0 Å². The predicted molar refractivity (Wildman–Crippen MR) is 133 cm³/mol. The van der Waals surface area contributed by atoms with Gasteiger partial charge in [0.25, 0.3) is 5.91 Å². The second-order valence-electron chi connectivity index (χ2n) is 9.30. The van der Waals surface area contributed by atoms with Crippen LogP contribution in [-0.2, 0) is 11.2 Å². The van der Waals surface area contributed by atoms with Crippen molar-refractivity contribution in [2.24, 2.45) is 0 Å². The van der Waals surface area contributed by atoms with E-state index >= 15 is 0 Å². The number of carbonyl (C=O) groups is 1. The van der Waals surface area contributed by atoms with E-state index in [9.17, 15) is 9.18 Å². The van der Waals surface area contributed by atoms with Gasteiger partial charge in [-0.25, -0.2) is 14.4 Å². The van der Waals surface area contributed by atoms with E-state index < -0.39 is 11.7 Å². The third-order valence-electron chi connectivity index (χ3n) is 6.41. The molecule has 0 bridgehead atoms. The van der Waals surface area contributed by atoms with Crippen molar-refractivity contribution in [1.82, 2.24) is 29.3 Å². The van der Waals surface area contributed by atoms with Crippen molar-refractivity contribution in [3.05, 3.63) is 71.3 Å². The van der Waals surface area contributed by atoms with Gasteiger partial charge in [-0.15, -0.1) is 10.2 Å². The van der Waals surface area contributed by atoms with Gasteiger partial charge in [-0.05, 0) is 49.1 Å². The third-order valence-corrected chi connectivity index (χ3v) is 6.41. The topological polar surface area (TPSA) is 99.8 Å². The maximum absolute atomic E-state index is 14.9. The Kier molecular flexibility index (Phi) is 6.36. The summed E-state index contributed by atoms with van der Waals surface area (Å²) in [6, 6.07) is 8.28. The minimum Gasteiger partial charge on any atom is -0.383 e. The molecule has 5 rings (SSSR count). The van der Waals surface area contributed by atoms with Crippen LogP contribution in [0.1, 0.15) is 59.7 Å². The molecule has 1 N–H and O–H groups in total. The molecule has 0 saturated carbocycles. The normalized spacial score (nSPS) is 14.9. The first kappa shape index (κ1) is 23.8. The van der Waals surface area contributed by atoms with Crippen LogP contribution in [0.2, 0.25) is 0 Å². The maximum Gasteiger partial charge on any atom is 0.259 e. The summed E-state index contributed by atoms with van der Waals surface area (Å²) < 4.78 is 24.1. The average molecular weight is 490 g/mol. The Balaban J connectivity index is 1.42. The highest BCUT2D eigenvalue weighted by atomic mass is 19.1. The van der Waals surface area contributed by atoms with Crippen molar-refractivity contribution in [2.75, 3.05) is 19.0 Å². The van der Waals surface area contributed by atoms with Crippen molar-refractivity contribution >= 4 is 11.7 Å². The van der Waals surface area contributed by atoms with Gasteiger partial charge in [0, 0.05) is 19.7 Å². The summed E-state index contributed by atoms with van der Waals surface area (Å²) in [5, 5.41) is 11.3. The van der Waals surface area contributed by atoms with Crippen LogP contribution in [0.4, 0.5) is 10.2 Å². The molecular weight excluding hydrogens is 461 g/mol. The van der Waals surface area contributed by atoms with Crippen LogP contribution in [-0.4, -0.2) is 48.9 Å². The van der Waals surface area contributed by atoms with E-state index in [0.717, 1.165) is 24.4 Å². The number of benzene rings is 1. The van der Waals surface area contributed by atoms with Crippen molar-refractivity contribution < 1.29 is 13.9 Å². The number of rotatable bonds is 7. The fourth-order valence-electron chi connectivity index (χ4n) is 4.52. The molecule has 3 aromatic heterocycles. The second-order valence-corrected chi connectivity index (χ2v) is 9.30. The Morgan fingerprint density at radius 2 is 2.11 bits per heavy atom. The Labute approximate surface area is 208 Å². The molecule has 0 unspecified atom stereocenters. The number of hydrogen-bond donors (Lipinski definition) is 1. The predicted octanol–water partition coefficient (Wildman–Crippen LogP) is 4.48. The second kappa shape index (κ2) is 9.62. The number of nitrogens with one attached hydrogen (secondary N) is 1. The lowest BCUT2D eigenvalue weighted by Crippen LogP contribution is -2.16. The maximum atomic E-state index is 14.9. The summed E-state index contributed by atoms with van der Waals surface area (Å²) in [4.78, 5) is 22.1. The molecule has 36 heavy (non-hydrogen) atoms. The van der Waals surface area contributed by atoms with E-state index in [1.807, 2.05) is 21.4 Å². The smallest absolute Gasteiger partial charge is 0.259 e. The first-order valence-corrected chi connectivity index (χ1v) is 11.9. The number of methoxy groups -OCH3 is 1. The molecule has 186 valence electrons. The number of fused-ring (bicyclic) bond motifs is 1. The van der Waals surface area contributed by atoms with Crippen LogP contribution < -0.4 is 5.32 Å². The Morgan fingerprint density at radius 1 is 1.28 bits per heavy atom. The van der Waals surface area contributed by atoms with Crippen LogP contribution in [0.5, 0.6) is 0 Å². The minimum absolute atomic E-state index is 0.0777. The van der Waals surface area contributed by atoms with Crippen LogP contribution in [0, 0.1) is 12.7 Å². The number of halogens is 1. The van der Waals surface area contributed by atoms with E-state index in [1.165, 1.54) is 12.1 Å². The highest BCUT2D eigenvalue weighted by Crippen LogP contribution is 2.31. The van der Waals surface area contributed by atoms with Gasteiger partial charge in [-0.2, -0.15) is 0 Å². The van der Waals surface area contributed by atoms with E-state index in [4.69, 9.17) is 4.74 Å². The molecule has 1 aromatic carbocycles. The fourth-order valence-corrected chi connectivity index (χ4v) is 4.52. The molecule has 0 aliphatic carbocycles. The molecule has 0 fully saturated rings. The Morgan fingerprint density at radius 3 is 2.86 bits per heavy atom. The number of nitrogens with zero attached hydrogens (tertiary/aromatic N) is 6. The van der Waals surface area contributed by atoms with Crippen LogP contribution in [0.15, 0.2) is 42.9 Å². The number of pyridine rings is 1. The highest BCUT2D eigenvalue weighted by molar-refractivity contribution is 6.04. The van der Waals surface area contributed by atoms with Gasteiger partial charge in [-0.3, -0.25) is 4.79 Å². The van der Waals surface area contributed by atoms with Crippen LogP contribution in [0.3, 0.4) is 0 Å². The zero-order chi connectivity index (χ0) is 25.4. The van der Waals surface area contributed by atoms with E-state index in [0.29, 0.717) is 35.2 Å². The van der Waals surface area contributed by atoms with E-state index in [2.05, 4.69) is 39.3 Å². The number of carbonyl (C=O) groups excluding carboxylic acids is 1. The van der Waals surface area contributed by atoms with Gasteiger partial charge < -0.3 is 19.2 Å². The standard InChI is InChI=1S/C26H28FN7O2/c1-15(2)21-12-33(14-28-21)22-11-18(19(27)10-16(22)3)26(35)30-23-7-5-6-20(29-23)25-32-31-24-9-8-17(13-36-4)34(24)25/h5-7,10-12,14-15,17H,8-9,13H2,1-4H3,(H,29,30,35)/t17-/m1/s1. The van der Waals surface area contributed by atoms with Gasteiger partial charge in [0.15, 0.2) is 5.82 Å². The number of anilines is 1. The number of imidazole rings is 1. The van der Waals surface area contributed by atoms with Crippen molar-refractivity contribution in [2.45, 2.75) is 45.6 Å². The summed E-state index contributed by atoms with van der Waals surface area (Å²) in [5.74, 6) is 0.855. The fraction of sp³-hybridized carbons (Fsp3) is 0.346. The van der Waals surface area contributed by atoms with Crippen LogP contribution in [0.25, 0.3) is 17.2 Å². The number of ether oxygens (including phenoxy) is 1. The summed E-state index contributed by atoms with van der Waals surface area (Å²) >= 11 is 0. The first-order valence-electron chi connectivity index (χ1n) is 11.9. The van der Waals surface area contributed by atoms with E-state index in [-0.39, 0.29) is 17.5 Å². The minimum atomic E-state index is -0.605. The number of amides is 1. The summed E-state index contributed by atoms with van der Waals surface area (Å²) in [6.07, 6.45) is 5.32. The monoisotopic (exact) mass is 489 g/mol. The first-order chi connectivity index (χ1) is 17.4. The molecule has 10 heteroatoms. The van der Waals surface area contributed by atoms with Crippen molar-refractivity contribution in [1.29, 1.82) is 0 Å². The van der Waals surface area contributed by atoms with Crippen molar-refractivity contribution in [3.63, 3.8) is 0 Å². The molecule has 1 atom stereocenters. The molecule has 1 aliphatic rings. The van der Waals surface area contributed by atoms with Gasteiger partial charge in [0.05, 0.1) is 35.9 Å². The average Bonchev–Trinajstić information content (AvgIpc) is 3.57. The van der Waals surface area contributed by atoms with Gasteiger partial charge in [-0.1, -0.05) is 19.9 Å². The van der Waals surface area contributed by atoms with E-state index in [1.54, 1.807) is 32.5 Å². The van der Waals surface area contributed by atoms with Gasteiger partial charge >= 0.3 is 0 Å². The third kappa shape index (κ3) is 4.39. The Bertz CT molecular complexity index is 1430.